The van der Waals surface area contributed by atoms with Crippen molar-refractivity contribution in [2.24, 2.45) is 0 Å². The molecule has 0 fully saturated rings. The summed E-state index contributed by atoms with van der Waals surface area (Å²) in [6, 6.07) is 18.4. The average Bonchev–Trinajstić information content (AvgIpc) is 2.53. The van der Waals surface area contributed by atoms with Gasteiger partial charge in [-0.15, -0.1) is 0 Å². The molecule has 0 atom stereocenters. The van der Waals surface area contributed by atoms with Crippen LogP contribution >= 0.6 is 0 Å². The molecule has 106 valence electrons. The van der Waals surface area contributed by atoms with Gasteiger partial charge in [-0.3, -0.25) is 0 Å². The number of aromatic nitrogens is 1. The van der Waals surface area contributed by atoms with E-state index in [2.05, 4.69) is 41.5 Å². The Hall–Kier alpha value is -2.55. The topological polar surface area (TPSA) is 34.1 Å². The highest BCUT2D eigenvalue weighted by molar-refractivity contribution is 5.81. The lowest BCUT2D eigenvalue weighted by Gasteiger charge is -2.10. The molecule has 2 aromatic carbocycles. The number of hydrogen-bond donors (Lipinski definition) is 1. The Bertz CT molecular complexity index is 751. The number of fused-ring (bicyclic) bond motifs is 1. The van der Waals surface area contributed by atoms with Gasteiger partial charge in [-0.1, -0.05) is 30.3 Å². The number of rotatable bonds is 4. The van der Waals surface area contributed by atoms with Gasteiger partial charge in [-0.2, -0.15) is 0 Å². The van der Waals surface area contributed by atoms with Crippen LogP contribution in [-0.2, 0) is 6.54 Å². The Morgan fingerprint density at radius 3 is 2.57 bits per heavy atom. The van der Waals surface area contributed by atoms with E-state index in [1.165, 1.54) is 10.9 Å². The third-order valence-corrected chi connectivity index (χ3v) is 3.53. The van der Waals surface area contributed by atoms with Gasteiger partial charge in [0.2, 0.25) is 0 Å². The van der Waals surface area contributed by atoms with E-state index in [-0.39, 0.29) is 0 Å². The molecule has 0 saturated carbocycles. The number of nitrogens with one attached hydrogen (secondary N) is 1. The van der Waals surface area contributed by atoms with Crippen LogP contribution in [0.3, 0.4) is 0 Å². The standard InChI is InChI=1S/C18H18N2O/c1-13-11-15-5-3-4-6-17(15)20-18(13)19-12-14-7-9-16(21-2)10-8-14/h3-11H,12H2,1-2H3,(H,19,20). The number of hydrogen-bond acceptors (Lipinski definition) is 3. The molecule has 0 aliphatic carbocycles. The van der Waals surface area contributed by atoms with E-state index in [1.54, 1.807) is 7.11 Å². The molecule has 0 spiro atoms. The van der Waals surface area contributed by atoms with Crippen LogP contribution in [0, 0.1) is 6.92 Å². The molecule has 3 heteroatoms. The summed E-state index contributed by atoms with van der Waals surface area (Å²) in [5, 5.41) is 4.58. The predicted molar refractivity (Wildman–Crippen MR) is 86.8 cm³/mol. The molecule has 21 heavy (non-hydrogen) atoms. The summed E-state index contributed by atoms with van der Waals surface area (Å²) in [4.78, 5) is 4.69. The summed E-state index contributed by atoms with van der Waals surface area (Å²) < 4.78 is 5.17. The lowest BCUT2D eigenvalue weighted by molar-refractivity contribution is 0.414. The first-order valence-electron chi connectivity index (χ1n) is 6.99. The molecule has 0 bridgehead atoms. The largest absolute Gasteiger partial charge is 0.497 e. The monoisotopic (exact) mass is 278 g/mol. The fraction of sp³-hybridized carbons (Fsp3) is 0.167. The van der Waals surface area contributed by atoms with Gasteiger partial charge in [-0.05, 0) is 42.3 Å². The van der Waals surface area contributed by atoms with Gasteiger partial charge in [-0.25, -0.2) is 4.98 Å². The van der Waals surface area contributed by atoms with Crippen molar-refractivity contribution < 1.29 is 4.74 Å². The highest BCUT2D eigenvalue weighted by atomic mass is 16.5. The average molecular weight is 278 g/mol. The molecule has 1 heterocycles. The highest BCUT2D eigenvalue weighted by Crippen LogP contribution is 2.20. The molecule has 0 aliphatic rings. The molecule has 0 radical (unpaired) electrons. The van der Waals surface area contributed by atoms with Gasteiger partial charge < -0.3 is 10.1 Å². The van der Waals surface area contributed by atoms with Crippen molar-refractivity contribution in [2.45, 2.75) is 13.5 Å². The van der Waals surface area contributed by atoms with Gasteiger partial charge >= 0.3 is 0 Å². The number of para-hydroxylation sites is 1. The number of methoxy groups -OCH3 is 1. The van der Waals surface area contributed by atoms with Gasteiger partial charge in [0.25, 0.3) is 0 Å². The summed E-state index contributed by atoms with van der Waals surface area (Å²) in [6.07, 6.45) is 0. The fourth-order valence-electron chi connectivity index (χ4n) is 2.33. The second kappa shape index (κ2) is 5.83. The third kappa shape index (κ3) is 2.97. The van der Waals surface area contributed by atoms with E-state index in [1.807, 2.05) is 30.3 Å². The van der Waals surface area contributed by atoms with Crippen LogP contribution in [-0.4, -0.2) is 12.1 Å². The zero-order chi connectivity index (χ0) is 14.7. The van der Waals surface area contributed by atoms with E-state index in [4.69, 9.17) is 4.74 Å². The van der Waals surface area contributed by atoms with E-state index in [0.29, 0.717) is 0 Å². The van der Waals surface area contributed by atoms with Crippen molar-refractivity contribution in [3.05, 3.63) is 65.7 Å². The summed E-state index contributed by atoms with van der Waals surface area (Å²) in [7, 11) is 1.68. The molecule has 1 aromatic heterocycles. The second-order valence-corrected chi connectivity index (χ2v) is 5.05. The smallest absolute Gasteiger partial charge is 0.129 e. The molecule has 0 unspecified atom stereocenters. The van der Waals surface area contributed by atoms with Crippen LogP contribution in [0.25, 0.3) is 10.9 Å². The van der Waals surface area contributed by atoms with E-state index in [9.17, 15) is 0 Å². The van der Waals surface area contributed by atoms with Gasteiger partial charge in [0, 0.05) is 11.9 Å². The normalized spacial score (nSPS) is 10.6. The van der Waals surface area contributed by atoms with E-state index < -0.39 is 0 Å². The molecule has 0 amide bonds. The lowest BCUT2D eigenvalue weighted by Crippen LogP contribution is -2.03. The van der Waals surface area contributed by atoms with Crippen LogP contribution in [0.5, 0.6) is 5.75 Å². The SMILES string of the molecule is COc1ccc(CNc2nc3ccccc3cc2C)cc1. The summed E-state index contributed by atoms with van der Waals surface area (Å²) in [6.45, 7) is 2.83. The number of nitrogens with zero attached hydrogens (tertiary/aromatic N) is 1. The first-order valence-corrected chi connectivity index (χ1v) is 6.99. The Kier molecular flexibility index (Phi) is 3.73. The number of anilines is 1. The minimum Gasteiger partial charge on any atom is -0.497 e. The Morgan fingerprint density at radius 1 is 1.05 bits per heavy atom. The number of ether oxygens (including phenoxy) is 1. The van der Waals surface area contributed by atoms with Crippen molar-refractivity contribution in [1.82, 2.24) is 4.98 Å². The maximum Gasteiger partial charge on any atom is 0.129 e. The van der Waals surface area contributed by atoms with E-state index in [0.717, 1.165) is 29.2 Å². The third-order valence-electron chi connectivity index (χ3n) is 3.53. The molecular weight excluding hydrogens is 260 g/mol. The molecule has 0 aliphatic heterocycles. The zero-order valence-electron chi connectivity index (χ0n) is 12.3. The first kappa shape index (κ1) is 13.4. The van der Waals surface area contributed by atoms with Crippen LogP contribution < -0.4 is 10.1 Å². The molecule has 1 N–H and O–H groups in total. The lowest BCUT2D eigenvalue weighted by atomic mass is 10.1. The maximum absolute atomic E-state index is 5.17. The quantitative estimate of drug-likeness (QED) is 0.778. The van der Waals surface area contributed by atoms with Crippen LogP contribution in [0.4, 0.5) is 5.82 Å². The van der Waals surface area contributed by atoms with Crippen LogP contribution in [0.15, 0.2) is 54.6 Å². The number of aryl methyl sites for hydroxylation is 1. The maximum atomic E-state index is 5.17. The summed E-state index contributed by atoms with van der Waals surface area (Å²) in [5.41, 5.74) is 3.37. The van der Waals surface area contributed by atoms with Crippen molar-refractivity contribution in [1.29, 1.82) is 0 Å². The van der Waals surface area contributed by atoms with Crippen molar-refractivity contribution in [3.8, 4) is 5.75 Å². The number of benzene rings is 2. The first-order chi connectivity index (χ1) is 10.3. The minimum absolute atomic E-state index is 0.746. The Morgan fingerprint density at radius 2 is 1.81 bits per heavy atom. The Labute approximate surface area is 124 Å². The van der Waals surface area contributed by atoms with Gasteiger partial charge in [0.05, 0.1) is 12.6 Å². The Balaban J connectivity index is 1.79. The minimum atomic E-state index is 0.746. The summed E-state index contributed by atoms with van der Waals surface area (Å²) >= 11 is 0. The van der Waals surface area contributed by atoms with Gasteiger partial charge in [0.1, 0.15) is 11.6 Å². The van der Waals surface area contributed by atoms with Crippen molar-refractivity contribution in [3.63, 3.8) is 0 Å². The summed E-state index contributed by atoms with van der Waals surface area (Å²) in [5.74, 6) is 1.81. The van der Waals surface area contributed by atoms with Crippen molar-refractivity contribution in [2.75, 3.05) is 12.4 Å². The van der Waals surface area contributed by atoms with Crippen LogP contribution in [0.2, 0.25) is 0 Å². The van der Waals surface area contributed by atoms with E-state index >= 15 is 0 Å². The fourth-order valence-corrected chi connectivity index (χ4v) is 2.33. The molecular formula is C18H18N2O. The second-order valence-electron chi connectivity index (χ2n) is 5.05. The molecule has 3 rings (SSSR count). The van der Waals surface area contributed by atoms with Crippen LogP contribution in [0.1, 0.15) is 11.1 Å². The molecule has 3 nitrogen and oxygen atoms in total. The zero-order valence-corrected chi connectivity index (χ0v) is 12.3. The van der Waals surface area contributed by atoms with Crippen molar-refractivity contribution >= 4 is 16.7 Å². The predicted octanol–water partition coefficient (Wildman–Crippen LogP) is 4.16. The molecule has 0 saturated heterocycles. The molecule has 3 aromatic rings. The highest BCUT2D eigenvalue weighted by Gasteiger charge is 2.03. The number of pyridine rings is 1. The van der Waals surface area contributed by atoms with Gasteiger partial charge in [0.15, 0.2) is 0 Å².